The van der Waals surface area contributed by atoms with Crippen LogP contribution in [0.3, 0.4) is 0 Å². The maximum Gasteiger partial charge on any atom is 0.411 e. The van der Waals surface area contributed by atoms with Crippen molar-refractivity contribution in [2.75, 3.05) is 20.3 Å². The van der Waals surface area contributed by atoms with E-state index in [1.165, 1.54) is 12.4 Å². The summed E-state index contributed by atoms with van der Waals surface area (Å²) in [6, 6.07) is 3.70. The van der Waals surface area contributed by atoms with E-state index in [1.54, 1.807) is 12.1 Å². The highest BCUT2D eigenvalue weighted by Crippen LogP contribution is 2.39. The lowest BCUT2D eigenvalue weighted by Crippen LogP contribution is -2.59. The number of pyridine rings is 1. The first-order chi connectivity index (χ1) is 13.6. The van der Waals surface area contributed by atoms with Crippen LogP contribution in [0, 0.1) is 0 Å². The van der Waals surface area contributed by atoms with Gasteiger partial charge in [-0.25, -0.2) is 4.98 Å². The quantitative estimate of drug-likeness (QED) is 0.846. The molecule has 158 valence electrons. The maximum absolute atomic E-state index is 13.6. The third-order valence-corrected chi connectivity index (χ3v) is 6.32. The molecule has 1 N–H and O–H groups in total. The highest BCUT2D eigenvalue weighted by atomic mass is 19.4. The van der Waals surface area contributed by atoms with Crippen LogP contribution in [-0.4, -0.2) is 64.9 Å². The number of aromatic nitrogens is 2. The van der Waals surface area contributed by atoms with Crippen molar-refractivity contribution in [1.82, 2.24) is 19.8 Å². The van der Waals surface area contributed by atoms with Crippen LogP contribution in [0.2, 0.25) is 0 Å². The van der Waals surface area contributed by atoms with E-state index in [4.69, 9.17) is 4.74 Å². The molecule has 2 aliphatic heterocycles. The van der Waals surface area contributed by atoms with E-state index < -0.39 is 11.7 Å². The van der Waals surface area contributed by atoms with Crippen molar-refractivity contribution < 1.29 is 22.7 Å². The number of fused-ring (bicyclic) bond motifs is 3. The lowest BCUT2D eigenvalue weighted by atomic mass is 9.90. The Hall–Kier alpha value is -2.13. The van der Waals surface area contributed by atoms with Crippen LogP contribution in [0.25, 0.3) is 11.0 Å². The molecule has 3 atom stereocenters. The fourth-order valence-electron chi connectivity index (χ4n) is 4.28. The summed E-state index contributed by atoms with van der Waals surface area (Å²) in [6.45, 7) is 3.42. The second-order valence-corrected chi connectivity index (χ2v) is 8.50. The molecule has 29 heavy (non-hydrogen) atoms. The average Bonchev–Trinajstić information content (AvgIpc) is 3.02. The van der Waals surface area contributed by atoms with Crippen molar-refractivity contribution in [2.45, 2.75) is 56.5 Å². The smallest absolute Gasteiger partial charge is 0.378 e. The molecule has 0 aromatic carbocycles. The van der Waals surface area contributed by atoms with Gasteiger partial charge in [0.15, 0.2) is 0 Å². The molecule has 4 rings (SSSR count). The third kappa shape index (κ3) is 3.40. The number of carbonyl (C=O) groups excluding carboxylic acids is 1. The molecule has 2 bridgehead atoms. The Morgan fingerprint density at radius 2 is 1.90 bits per heavy atom. The zero-order valence-electron chi connectivity index (χ0n) is 16.7. The first-order valence-corrected chi connectivity index (χ1v) is 9.73. The van der Waals surface area contributed by atoms with Gasteiger partial charge in [-0.15, -0.1) is 0 Å². The number of hydrogen-bond acceptors (Lipinski definition) is 4. The van der Waals surface area contributed by atoms with Crippen LogP contribution in [-0.2, 0) is 10.3 Å². The van der Waals surface area contributed by atoms with Gasteiger partial charge in [0.1, 0.15) is 11.2 Å². The molecule has 0 unspecified atom stereocenters. The van der Waals surface area contributed by atoms with Gasteiger partial charge in [-0.1, -0.05) is 0 Å². The van der Waals surface area contributed by atoms with E-state index >= 15 is 0 Å². The largest absolute Gasteiger partial charge is 0.411 e. The van der Waals surface area contributed by atoms with Crippen molar-refractivity contribution in [3.63, 3.8) is 0 Å². The van der Waals surface area contributed by atoms with Crippen LogP contribution in [0.1, 0.15) is 37.0 Å². The molecular formula is C20H25F3N4O2. The lowest BCUT2D eigenvalue weighted by Gasteiger charge is -2.46. The highest BCUT2D eigenvalue weighted by molar-refractivity contribution is 6.06. The van der Waals surface area contributed by atoms with Gasteiger partial charge in [-0.05, 0) is 45.9 Å². The molecule has 0 spiro atoms. The number of alkyl halides is 3. The average molecular weight is 410 g/mol. The molecule has 6 nitrogen and oxygen atoms in total. The summed E-state index contributed by atoms with van der Waals surface area (Å²) in [5.74, 6) is -0.367. The minimum atomic E-state index is -4.49. The summed E-state index contributed by atoms with van der Waals surface area (Å²) in [5.41, 5.74) is -1.83. The van der Waals surface area contributed by atoms with E-state index in [0.717, 1.165) is 31.3 Å². The molecule has 4 heterocycles. The highest BCUT2D eigenvalue weighted by Gasteiger charge is 2.50. The number of rotatable bonds is 3. The second kappa shape index (κ2) is 6.98. The number of morpholine rings is 1. The van der Waals surface area contributed by atoms with Gasteiger partial charge >= 0.3 is 6.18 Å². The molecule has 9 heteroatoms. The van der Waals surface area contributed by atoms with Crippen molar-refractivity contribution in [1.29, 1.82) is 0 Å². The Balaban J connectivity index is 1.64. The first-order valence-electron chi connectivity index (χ1n) is 9.73. The van der Waals surface area contributed by atoms with Gasteiger partial charge in [0, 0.05) is 35.9 Å². The Morgan fingerprint density at radius 1 is 1.24 bits per heavy atom. The van der Waals surface area contributed by atoms with Crippen molar-refractivity contribution in [3.8, 4) is 0 Å². The van der Waals surface area contributed by atoms with Gasteiger partial charge in [-0.2, -0.15) is 13.2 Å². The number of nitrogens with one attached hydrogen (secondary N) is 1. The summed E-state index contributed by atoms with van der Waals surface area (Å²) >= 11 is 0. The van der Waals surface area contributed by atoms with Crippen molar-refractivity contribution in [3.05, 3.63) is 30.1 Å². The predicted molar refractivity (Wildman–Crippen MR) is 102 cm³/mol. The summed E-state index contributed by atoms with van der Waals surface area (Å²) in [4.78, 5) is 19.5. The Morgan fingerprint density at radius 3 is 2.52 bits per heavy atom. The minimum absolute atomic E-state index is 0.0386. The molecular weight excluding hydrogens is 385 g/mol. The number of nitrogens with zero attached hydrogens (tertiary/aromatic N) is 3. The molecule has 2 fully saturated rings. The molecule has 2 aromatic heterocycles. The number of carbonyl (C=O) groups is 1. The third-order valence-electron chi connectivity index (χ3n) is 6.32. The molecule has 2 aromatic rings. The van der Waals surface area contributed by atoms with Gasteiger partial charge < -0.3 is 14.6 Å². The van der Waals surface area contributed by atoms with Crippen LogP contribution >= 0.6 is 0 Å². The van der Waals surface area contributed by atoms with Gasteiger partial charge in [0.2, 0.25) is 0 Å². The molecule has 0 radical (unpaired) electrons. The summed E-state index contributed by atoms with van der Waals surface area (Å²) in [7, 11) is 2.06. The monoisotopic (exact) mass is 410 g/mol. The topological polar surface area (TPSA) is 59.4 Å². The van der Waals surface area contributed by atoms with Crippen LogP contribution in [0.5, 0.6) is 0 Å². The van der Waals surface area contributed by atoms with Crippen molar-refractivity contribution in [2.24, 2.45) is 0 Å². The first kappa shape index (κ1) is 20.2. The van der Waals surface area contributed by atoms with Crippen LogP contribution in [0.15, 0.2) is 24.5 Å². The molecule has 2 aliphatic rings. The van der Waals surface area contributed by atoms with Gasteiger partial charge in [0.05, 0.1) is 18.8 Å². The predicted octanol–water partition coefficient (Wildman–Crippen LogP) is 2.93. The van der Waals surface area contributed by atoms with E-state index in [2.05, 4.69) is 22.2 Å². The van der Waals surface area contributed by atoms with Crippen LogP contribution < -0.4 is 5.32 Å². The van der Waals surface area contributed by atoms with E-state index in [9.17, 15) is 18.0 Å². The maximum atomic E-state index is 13.6. The normalized spacial score (nSPS) is 25.9. The van der Waals surface area contributed by atoms with Gasteiger partial charge in [-0.3, -0.25) is 9.69 Å². The molecule has 2 saturated heterocycles. The standard InChI is InChI=1S/C20H25F3N4O2/c1-19(2,20(21,22)23)27-9-16(15-5-4-6-24-17(15)27)18(28)25-12-7-13-10-29-11-14(8-12)26(13)3/h4-6,9,12-14H,7-8,10-11H2,1-3H3,(H,25,28)/t12-,13-,14+. The van der Waals surface area contributed by atoms with E-state index in [-0.39, 0.29) is 35.2 Å². The molecule has 1 amide bonds. The number of halogens is 3. The fraction of sp³-hybridized carbons (Fsp3) is 0.600. The Bertz CT molecular complexity index is 910. The van der Waals surface area contributed by atoms with E-state index in [0.29, 0.717) is 18.6 Å². The summed E-state index contributed by atoms with van der Waals surface area (Å²) in [5, 5.41) is 3.45. The Kier molecular flexibility index (Phi) is 4.85. The molecule has 0 aliphatic carbocycles. The zero-order chi connectivity index (χ0) is 21.0. The van der Waals surface area contributed by atoms with Crippen LogP contribution in [0.4, 0.5) is 13.2 Å². The fourth-order valence-corrected chi connectivity index (χ4v) is 4.28. The lowest BCUT2D eigenvalue weighted by molar-refractivity contribution is -0.201. The second-order valence-electron chi connectivity index (χ2n) is 8.50. The SMILES string of the molecule is CN1[C@@H]2COC[C@H]1C[C@@H](NC(=O)c1cn(C(C)(C)C(F)(F)F)c3ncccc13)C2. The number of hydrogen-bond donors (Lipinski definition) is 1. The minimum Gasteiger partial charge on any atom is -0.378 e. The number of amides is 1. The van der Waals surface area contributed by atoms with Crippen molar-refractivity contribution >= 4 is 16.9 Å². The summed E-state index contributed by atoms with van der Waals surface area (Å²) < 4.78 is 47.6. The Labute approximate surface area is 167 Å². The number of piperidine rings is 1. The number of ether oxygens (including phenoxy) is 1. The van der Waals surface area contributed by atoms with E-state index in [1.807, 2.05) is 0 Å². The number of likely N-dealkylation sites (N-methyl/N-ethyl adjacent to an activating group) is 1. The van der Waals surface area contributed by atoms with Gasteiger partial charge in [0.25, 0.3) is 5.91 Å². The molecule has 0 saturated carbocycles. The summed E-state index contributed by atoms with van der Waals surface area (Å²) in [6.07, 6.45) is -0.270. The zero-order valence-corrected chi connectivity index (χ0v) is 16.7.